The lowest BCUT2D eigenvalue weighted by Gasteiger charge is -2.29. The number of hydrogen-bond donors (Lipinski definition) is 1. The Morgan fingerprint density at radius 3 is 2.85 bits per heavy atom. The molecule has 178 valence electrons. The lowest BCUT2D eigenvalue weighted by Crippen LogP contribution is -2.52. The second-order valence-electron chi connectivity index (χ2n) is 7.92. The van der Waals surface area contributed by atoms with Gasteiger partial charge in [-0.1, -0.05) is 12.1 Å². The number of piperidine rings is 1. The second kappa shape index (κ2) is 9.52. The van der Waals surface area contributed by atoms with Crippen molar-refractivity contribution in [3.63, 3.8) is 0 Å². The summed E-state index contributed by atoms with van der Waals surface area (Å²) in [6, 6.07) is 4.84. The number of hydrogen-bond acceptors (Lipinski definition) is 6. The summed E-state index contributed by atoms with van der Waals surface area (Å²) < 4.78 is 84.3. The molecule has 2 aromatic carbocycles. The third-order valence-corrected chi connectivity index (χ3v) is 5.65. The number of nitrogens with one attached hydrogen (secondary N) is 1. The van der Waals surface area contributed by atoms with E-state index >= 15 is 0 Å². The van der Waals surface area contributed by atoms with Gasteiger partial charge in [0, 0.05) is 48.2 Å². The highest BCUT2D eigenvalue weighted by atomic mass is 19.1. The zero-order valence-electron chi connectivity index (χ0n) is 25.0. The van der Waals surface area contributed by atoms with E-state index in [1.165, 1.54) is 24.3 Å². The Kier molecular flexibility index (Phi) is 4.36. The van der Waals surface area contributed by atoms with Crippen molar-refractivity contribution in [1.82, 2.24) is 15.1 Å². The number of benzene rings is 2. The fraction of sp³-hybridized carbons (Fsp3) is 0.400. The Bertz CT molecular complexity index is 1440. The average Bonchev–Trinajstić information content (AvgIpc) is 3.13. The van der Waals surface area contributed by atoms with Crippen LogP contribution in [0.25, 0.3) is 0 Å². The number of fused-ring (bicyclic) bond motifs is 1. The van der Waals surface area contributed by atoms with Crippen molar-refractivity contribution in [3.05, 3.63) is 64.5 Å². The predicted molar refractivity (Wildman–Crippen MR) is 119 cm³/mol. The molecule has 34 heavy (non-hydrogen) atoms. The molecule has 1 atom stereocenters. The minimum atomic E-state index is -3.66. The van der Waals surface area contributed by atoms with Gasteiger partial charge in [0.25, 0.3) is 5.91 Å². The van der Waals surface area contributed by atoms with Crippen molar-refractivity contribution in [2.75, 3.05) is 26.3 Å². The molecule has 0 aromatic heterocycles. The third kappa shape index (κ3) is 4.53. The van der Waals surface area contributed by atoms with Crippen LogP contribution in [0.5, 0.6) is 5.75 Å². The fourth-order valence-corrected chi connectivity index (χ4v) is 3.92. The van der Waals surface area contributed by atoms with Gasteiger partial charge in [-0.25, -0.2) is 4.39 Å². The first-order chi connectivity index (χ1) is 19.1. The first-order valence-electron chi connectivity index (χ1n) is 14.2. The number of imide groups is 1. The zero-order valence-corrected chi connectivity index (χ0v) is 18.0. The maximum absolute atomic E-state index is 14.7. The molecule has 0 aliphatic carbocycles. The van der Waals surface area contributed by atoms with Gasteiger partial charge in [0.1, 0.15) is 24.2 Å². The molecule has 5 rings (SSSR count). The number of rotatable bonds is 6. The van der Waals surface area contributed by atoms with Crippen LogP contribution in [-0.2, 0) is 34.0 Å². The summed E-state index contributed by atoms with van der Waals surface area (Å²) >= 11 is 0. The molecule has 3 aliphatic rings. The summed E-state index contributed by atoms with van der Waals surface area (Å²) in [6.07, 6.45) is -7.12. The largest absolute Gasteiger partial charge is 0.488 e. The lowest BCUT2D eigenvalue weighted by molar-refractivity contribution is -0.136. The zero-order chi connectivity index (χ0) is 30.0. The maximum atomic E-state index is 14.7. The van der Waals surface area contributed by atoms with Crippen LogP contribution >= 0.6 is 0 Å². The van der Waals surface area contributed by atoms with Crippen LogP contribution in [0, 0.1) is 5.82 Å². The van der Waals surface area contributed by atoms with Crippen LogP contribution in [0.2, 0.25) is 0 Å². The van der Waals surface area contributed by atoms with Gasteiger partial charge in [-0.2, -0.15) is 0 Å². The molecule has 2 fully saturated rings. The number of nitrogens with zero attached hydrogens (tertiary/aromatic N) is 2. The van der Waals surface area contributed by atoms with Crippen molar-refractivity contribution in [2.24, 2.45) is 0 Å². The predicted octanol–water partition coefficient (Wildman–Crippen LogP) is 2.00. The summed E-state index contributed by atoms with van der Waals surface area (Å²) in [5.74, 6) is -5.43. The Balaban J connectivity index is 1.46. The van der Waals surface area contributed by atoms with Gasteiger partial charge < -0.3 is 14.4 Å². The maximum Gasteiger partial charge on any atom is 0.255 e. The van der Waals surface area contributed by atoms with E-state index in [0.29, 0.717) is 19.8 Å². The van der Waals surface area contributed by atoms with Crippen molar-refractivity contribution < 1.29 is 37.8 Å². The van der Waals surface area contributed by atoms with E-state index < -0.39 is 54.4 Å². The van der Waals surface area contributed by atoms with Gasteiger partial charge in [0.05, 0.1) is 23.8 Å². The number of ether oxygens (including phenoxy) is 2. The van der Waals surface area contributed by atoms with Crippen molar-refractivity contribution in [2.45, 2.75) is 38.4 Å². The first-order valence-corrected chi connectivity index (χ1v) is 10.7. The Morgan fingerprint density at radius 2 is 2.03 bits per heavy atom. The highest BCUT2D eigenvalue weighted by Crippen LogP contribution is 2.34. The van der Waals surface area contributed by atoms with Gasteiger partial charge >= 0.3 is 0 Å². The highest BCUT2D eigenvalue weighted by Gasteiger charge is 2.40. The van der Waals surface area contributed by atoms with Crippen molar-refractivity contribution in [3.8, 4) is 5.75 Å². The normalized spacial score (nSPS) is 30.6. The molecule has 1 N–H and O–H groups in total. The molecular weight excluding hydrogens is 441 g/mol. The third-order valence-electron chi connectivity index (χ3n) is 5.65. The molecule has 9 heteroatoms. The molecule has 1 unspecified atom stereocenters. The Hall–Kier alpha value is -3.30. The molecule has 0 radical (unpaired) electrons. The number of amides is 3. The van der Waals surface area contributed by atoms with Crippen molar-refractivity contribution >= 4 is 17.7 Å². The van der Waals surface area contributed by atoms with E-state index in [0.717, 1.165) is 18.7 Å². The van der Waals surface area contributed by atoms with Crippen molar-refractivity contribution in [1.29, 1.82) is 0 Å². The summed E-state index contributed by atoms with van der Waals surface area (Å²) in [5, 5.41) is 1.56. The lowest BCUT2D eigenvalue weighted by atomic mass is 10.0. The van der Waals surface area contributed by atoms with Gasteiger partial charge in [0.2, 0.25) is 11.8 Å². The molecule has 3 amide bonds. The van der Waals surface area contributed by atoms with Crippen LogP contribution in [0.1, 0.15) is 49.4 Å². The molecule has 2 saturated heterocycles. The first kappa shape index (κ1) is 15.6. The monoisotopic (exact) mass is 474 g/mol. The summed E-state index contributed by atoms with van der Waals surface area (Å²) in [7, 11) is 0. The van der Waals surface area contributed by atoms with Crippen LogP contribution in [0.3, 0.4) is 0 Å². The van der Waals surface area contributed by atoms with E-state index in [-0.39, 0.29) is 28.4 Å². The molecule has 0 saturated carbocycles. The SMILES string of the molecule is [2H]C1([2H])c2c(OCc3cc(CN4CCOCC4)ccc3F)cccc2C(=O)N1C1([2H])C(=O)NC(=O)C([2H])([2H])C1([2H])[2H]. The average molecular weight is 475 g/mol. The molecule has 0 bridgehead atoms. The van der Waals surface area contributed by atoms with Gasteiger partial charge in [-0.05, 0) is 36.2 Å². The van der Waals surface area contributed by atoms with E-state index in [4.69, 9.17) is 19.1 Å². The van der Waals surface area contributed by atoms with Crippen LogP contribution in [-0.4, -0.2) is 59.8 Å². The van der Waals surface area contributed by atoms with Gasteiger partial charge in [-0.3, -0.25) is 24.6 Å². The summed E-state index contributed by atoms with van der Waals surface area (Å²) in [5.41, 5.74) is 0.165. The number of carbonyl (C=O) groups excluding carboxylic acids is 3. The topological polar surface area (TPSA) is 88.2 Å². The van der Waals surface area contributed by atoms with Gasteiger partial charge in [-0.15, -0.1) is 0 Å². The van der Waals surface area contributed by atoms with E-state index in [2.05, 4.69) is 4.90 Å². The molecule has 0 spiro atoms. The summed E-state index contributed by atoms with van der Waals surface area (Å²) in [6.45, 7) is -0.245. The van der Waals surface area contributed by atoms with Crippen LogP contribution in [0.15, 0.2) is 36.4 Å². The molecule has 3 heterocycles. The molecule has 3 aliphatic heterocycles. The smallest absolute Gasteiger partial charge is 0.255 e. The minimum Gasteiger partial charge on any atom is -0.488 e. The Labute approximate surface area is 206 Å². The molecule has 8 nitrogen and oxygen atoms in total. The highest BCUT2D eigenvalue weighted by molar-refractivity contribution is 6.05. The fourth-order valence-electron chi connectivity index (χ4n) is 3.92. The van der Waals surface area contributed by atoms with E-state index in [9.17, 15) is 18.8 Å². The number of halogens is 1. The summed E-state index contributed by atoms with van der Waals surface area (Å²) in [4.78, 5) is 40.5. The minimum absolute atomic E-state index is 0.0132. The number of morpholine rings is 1. The van der Waals surface area contributed by atoms with Crippen LogP contribution in [0.4, 0.5) is 4.39 Å². The van der Waals surface area contributed by atoms with Gasteiger partial charge in [0.15, 0.2) is 0 Å². The van der Waals surface area contributed by atoms with E-state index in [1.807, 2.05) is 0 Å². The second-order valence-corrected chi connectivity index (χ2v) is 7.92. The number of carbonyl (C=O) groups is 3. The molecule has 2 aromatic rings. The Morgan fingerprint density at radius 1 is 1.21 bits per heavy atom. The quantitative estimate of drug-likeness (QED) is 0.645. The van der Waals surface area contributed by atoms with E-state index in [1.54, 1.807) is 17.4 Å². The standard InChI is InChI=1S/C25H26FN3O5/c26-20-5-4-16(13-28-8-10-33-11-9-28)12-17(20)15-34-22-3-1-2-18-19(22)14-29(25(18)32)21-6-7-23(30)27-24(21)31/h1-5,12,21H,6-11,13-15H2,(H,27,30,31)/i6D2,7D2,14D2,21D. The van der Waals surface area contributed by atoms with Crippen LogP contribution < -0.4 is 10.1 Å². The molecular formula is C25H26FN3O5.